The summed E-state index contributed by atoms with van der Waals surface area (Å²) in [6.45, 7) is 8.82. The van der Waals surface area contributed by atoms with Crippen LogP contribution in [0.15, 0.2) is 0 Å². The third-order valence-corrected chi connectivity index (χ3v) is 6.03. The smallest absolute Gasteiger partial charge is 0.307 e. The Morgan fingerprint density at radius 3 is 2.32 bits per heavy atom. The number of carboxylic acids is 1. The van der Waals surface area contributed by atoms with E-state index in [-0.39, 0.29) is 11.3 Å². The average Bonchev–Trinajstić information content (AvgIpc) is 2.70. The fraction of sp³-hybridized carbons (Fsp3) is 0.938. The molecule has 2 fully saturated rings. The lowest BCUT2D eigenvalue weighted by molar-refractivity contribution is -0.150. The van der Waals surface area contributed by atoms with Gasteiger partial charge in [0, 0.05) is 12.1 Å². The minimum absolute atomic E-state index is 0.121. The molecule has 2 aliphatic rings. The van der Waals surface area contributed by atoms with E-state index in [4.69, 9.17) is 0 Å². The minimum Gasteiger partial charge on any atom is -0.481 e. The molecule has 0 aliphatic heterocycles. The van der Waals surface area contributed by atoms with Crippen LogP contribution >= 0.6 is 0 Å². The number of hydrogen-bond donors (Lipinski definition) is 2. The van der Waals surface area contributed by atoms with Gasteiger partial charge < -0.3 is 10.4 Å². The second-order valence-corrected chi connectivity index (χ2v) is 7.37. The van der Waals surface area contributed by atoms with Crippen molar-refractivity contribution in [2.75, 3.05) is 0 Å². The Kier molecular flexibility index (Phi) is 4.24. The second-order valence-electron chi connectivity index (χ2n) is 7.37. The highest BCUT2D eigenvalue weighted by atomic mass is 16.4. The van der Waals surface area contributed by atoms with Crippen molar-refractivity contribution >= 4 is 5.97 Å². The van der Waals surface area contributed by atoms with E-state index in [1.807, 2.05) is 0 Å². The normalized spacial score (nSPS) is 42.2. The van der Waals surface area contributed by atoms with Gasteiger partial charge in [-0.1, -0.05) is 34.1 Å². The third kappa shape index (κ3) is 2.81. The zero-order chi connectivity index (χ0) is 14.2. The first-order valence-corrected chi connectivity index (χ1v) is 7.83. The summed E-state index contributed by atoms with van der Waals surface area (Å²) in [6.07, 6.45) is 5.77. The third-order valence-electron chi connectivity index (χ3n) is 6.03. The predicted molar refractivity (Wildman–Crippen MR) is 77.0 cm³/mol. The van der Waals surface area contributed by atoms with Crippen molar-refractivity contribution in [2.45, 2.75) is 71.9 Å². The van der Waals surface area contributed by atoms with Gasteiger partial charge in [-0.25, -0.2) is 0 Å². The van der Waals surface area contributed by atoms with Crippen LogP contribution in [0.5, 0.6) is 0 Å². The van der Waals surface area contributed by atoms with Gasteiger partial charge in [-0.2, -0.15) is 0 Å². The summed E-state index contributed by atoms with van der Waals surface area (Å²) in [5.41, 5.74) is -0.121. The zero-order valence-electron chi connectivity index (χ0n) is 12.8. The summed E-state index contributed by atoms with van der Waals surface area (Å²) >= 11 is 0. The Hall–Kier alpha value is -0.570. The Labute approximate surface area is 117 Å². The number of nitrogens with one attached hydrogen (secondary N) is 1. The fourth-order valence-electron chi connectivity index (χ4n) is 4.14. The van der Waals surface area contributed by atoms with Crippen LogP contribution in [-0.4, -0.2) is 23.2 Å². The summed E-state index contributed by atoms with van der Waals surface area (Å²) in [4.78, 5) is 11.4. The number of hydrogen-bond acceptors (Lipinski definition) is 2. The molecule has 0 aromatic heterocycles. The molecule has 5 unspecified atom stereocenters. The molecule has 19 heavy (non-hydrogen) atoms. The van der Waals surface area contributed by atoms with Crippen LogP contribution in [0.2, 0.25) is 0 Å². The molecule has 2 aliphatic carbocycles. The van der Waals surface area contributed by atoms with E-state index in [0.29, 0.717) is 18.0 Å². The van der Waals surface area contributed by atoms with Gasteiger partial charge in [-0.3, -0.25) is 4.79 Å². The van der Waals surface area contributed by atoms with Crippen molar-refractivity contribution in [3.05, 3.63) is 0 Å². The molecule has 2 saturated carbocycles. The maximum atomic E-state index is 11.4. The summed E-state index contributed by atoms with van der Waals surface area (Å²) < 4.78 is 0. The Balaban J connectivity index is 2.03. The maximum absolute atomic E-state index is 11.4. The first kappa shape index (κ1) is 14.8. The summed E-state index contributed by atoms with van der Waals surface area (Å²) in [5.74, 6) is 0.369. The molecule has 0 heterocycles. The predicted octanol–water partition coefficient (Wildman–Crippen LogP) is 3.29. The standard InChI is InChI=1S/C16H29NO2/c1-10-6-5-7-13(10)17-14-9-8-12(15(18)19)16(3,4)11(14)2/h10-14,17H,5-9H2,1-4H3,(H,18,19). The van der Waals surface area contributed by atoms with Crippen molar-refractivity contribution < 1.29 is 9.90 Å². The van der Waals surface area contributed by atoms with Crippen LogP contribution in [0.4, 0.5) is 0 Å². The number of aliphatic carboxylic acids is 1. The van der Waals surface area contributed by atoms with E-state index in [2.05, 4.69) is 33.0 Å². The average molecular weight is 267 g/mol. The topological polar surface area (TPSA) is 49.3 Å². The summed E-state index contributed by atoms with van der Waals surface area (Å²) in [7, 11) is 0. The van der Waals surface area contributed by atoms with E-state index < -0.39 is 5.97 Å². The Bertz CT molecular complexity index is 340. The Morgan fingerprint density at radius 1 is 1.11 bits per heavy atom. The highest BCUT2D eigenvalue weighted by molar-refractivity contribution is 5.71. The molecule has 0 spiro atoms. The molecule has 0 radical (unpaired) electrons. The highest BCUT2D eigenvalue weighted by Crippen LogP contribution is 2.45. The molecule has 0 aromatic carbocycles. The maximum Gasteiger partial charge on any atom is 0.307 e. The lowest BCUT2D eigenvalue weighted by atomic mass is 9.61. The summed E-state index contributed by atoms with van der Waals surface area (Å²) in [6, 6.07) is 1.13. The lowest BCUT2D eigenvalue weighted by Crippen LogP contribution is -2.53. The van der Waals surface area contributed by atoms with Gasteiger partial charge in [0.2, 0.25) is 0 Å². The van der Waals surface area contributed by atoms with Gasteiger partial charge >= 0.3 is 5.97 Å². The molecular formula is C16H29NO2. The van der Waals surface area contributed by atoms with Crippen LogP contribution < -0.4 is 5.32 Å². The monoisotopic (exact) mass is 267 g/mol. The molecule has 3 heteroatoms. The van der Waals surface area contributed by atoms with Crippen LogP contribution in [0.25, 0.3) is 0 Å². The number of carboxylic acid groups (broad SMARTS) is 1. The highest BCUT2D eigenvalue weighted by Gasteiger charge is 2.46. The van der Waals surface area contributed by atoms with E-state index in [1.54, 1.807) is 0 Å². The zero-order valence-corrected chi connectivity index (χ0v) is 12.8. The van der Waals surface area contributed by atoms with E-state index >= 15 is 0 Å². The van der Waals surface area contributed by atoms with Gasteiger partial charge in [-0.15, -0.1) is 0 Å². The SMILES string of the molecule is CC1CCCC1NC1CCC(C(=O)O)C(C)(C)C1C. The molecule has 0 bridgehead atoms. The molecule has 110 valence electrons. The van der Waals surface area contributed by atoms with Crippen LogP contribution in [-0.2, 0) is 4.79 Å². The second kappa shape index (κ2) is 5.43. The van der Waals surface area contributed by atoms with Crippen LogP contribution in [0.3, 0.4) is 0 Å². The van der Waals surface area contributed by atoms with Gasteiger partial charge in [0.25, 0.3) is 0 Å². The lowest BCUT2D eigenvalue weighted by Gasteiger charge is -2.47. The van der Waals surface area contributed by atoms with E-state index in [9.17, 15) is 9.90 Å². The van der Waals surface area contributed by atoms with Crippen molar-refractivity contribution in [3.63, 3.8) is 0 Å². The molecule has 2 N–H and O–H groups in total. The minimum atomic E-state index is -0.621. The van der Waals surface area contributed by atoms with Crippen molar-refractivity contribution in [1.29, 1.82) is 0 Å². The number of carbonyl (C=O) groups is 1. The summed E-state index contributed by atoms with van der Waals surface area (Å²) in [5, 5.41) is 13.2. The van der Waals surface area contributed by atoms with Gasteiger partial charge in [0.15, 0.2) is 0 Å². The fourth-order valence-corrected chi connectivity index (χ4v) is 4.14. The van der Waals surface area contributed by atoms with Crippen molar-refractivity contribution in [2.24, 2.45) is 23.2 Å². The van der Waals surface area contributed by atoms with Crippen molar-refractivity contribution in [3.8, 4) is 0 Å². The molecule has 3 nitrogen and oxygen atoms in total. The molecule has 0 saturated heterocycles. The molecule has 0 aromatic rings. The largest absolute Gasteiger partial charge is 0.481 e. The quantitative estimate of drug-likeness (QED) is 0.825. The molecular weight excluding hydrogens is 238 g/mol. The van der Waals surface area contributed by atoms with Gasteiger partial charge in [0.05, 0.1) is 5.92 Å². The van der Waals surface area contributed by atoms with E-state index in [1.165, 1.54) is 19.3 Å². The van der Waals surface area contributed by atoms with Gasteiger partial charge in [-0.05, 0) is 42.9 Å². The first-order chi connectivity index (χ1) is 8.84. The first-order valence-electron chi connectivity index (χ1n) is 7.83. The molecule has 0 amide bonds. The van der Waals surface area contributed by atoms with E-state index in [0.717, 1.165) is 18.8 Å². The van der Waals surface area contributed by atoms with Crippen molar-refractivity contribution in [1.82, 2.24) is 5.32 Å². The molecule has 2 rings (SSSR count). The van der Waals surface area contributed by atoms with Crippen LogP contribution in [0.1, 0.15) is 59.8 Å². The molecule has 5 atom stereocenters. The number of rotatable bonds is 3. The Morgan fingerprint density at radius 2 is 1.79 bits per heavy atom. The van der Waals surface area contributed by atoms with Gasteiger partial charge in [0.1, 0.15) is 0 Å². The van der Waals surface area contributed by atoms with Crippen LogP contribution in [0, 0.1) is 23.2 Å².